The van der Waals surface area contributed by atoms with Crippen LogP contribution in [0.15, 0.2) is 40.8 Å². The second kappa shape index (κ2) is 9.21. The average molecular weight is 427 g/mol. The number of carbonyl (C=O) groups excluding carboxylic acids is 2. The van der Waals surface area contributed by atoms with Gasteiger partial charge < -0.3 is 11.1 Å². The zero-order valence-electron chi connectivity index (χ0n) is 17.3. The van der Waals surface area contributed by atoms with Gasteiger partial charge in [0.15, 0.2) is 0 Å². The number of amides is 2. The molecule has 2 heterocycles. The van der Waals surface area contributed by atoms with Gasteiger partial charge in [0, 0.05) is 23.9 Å². The number of hydrogen-bond acceptors (Lipinski definition) is 5. The van der Waals surface area contributed by atoms with Gasteiger partial charge in [0.25, 0.3) is 5.56 Å². The highest BCUT2D eigenvalue weighted by Gasteiger charge is 2.23. The lowest BCUT2D eigenvalue weighted by atomic mass is 9.98. The lowest BCUT2D eigenvalue weighted by molar-refractivity contribution is -0.128. The van der Waals surface area contributed by atoms with Gasteiger partial charge in [-0.25, -0.2) is 4.98 Å². The summed E-state index contributed by atoms with van der Waals surface area (Å²) in [7, 11) is 0. The Morgan fingerprint density at radius 2 is 1.97 bits per heavy atom. The van der Waals surface area contributed by atoms with Crippen molar-refractivity contribution in [2.75, 3.05) is 0 Å². The molecule has 0 aliphatic rings. The summed E-state index contributed by atoms with van der Waals surface area (Å²) in [5, 5.41) is 5.18. The molecule has 0 saturated carbocycles. The molecular formula is C22H26N4O3S. The van der Waals surface area contributed by atoms with Crippen LogP contribution in [-0.2, 0) is 16.1 Å². The van der Waals surface area contributed by atoms with Crippen LogP contribution in [0.4, 0.5) is 0 Å². The summed E-state index contributed by atoms with van der Waals surface area (Å²) >= 11 is 1.42. The summed E-state index contributed by atoms with van der Waals surface area (Å²) in [5.41, 5.74) is 8.17. The van der Waals surface area contributed by atoms with E-state index in [2.05, 4.69) is 10.3 Å². The van der Waals surface area contributed by atoms with Crippen LogP contribution in [0.25, 0.3) is 21.3 Å². The summed E-state index contributed by atoms with van der Waals surface area (Å²) in [6.45, 7) is 5.98. The molecule has 3 aromatic rings. The van der Waals surface area contributed by atoms with Crippen LogP contribution >= 0.6 is 11.3 Å². The maximum absolute atomic E-state index is 13.1. The van der Waals surface area contributed by atoms with Crippen LogP contribution in [0, 0.1) is 12.8 Å². The summed E-state index contributed by atoms with van der Waals surface area (Å²) < 4.78 is 1.44. The SMILES string of the molecule is CCC(C)C(NC(=O)CCn1cnc2scc(-c3ccc(C)cc3)c2c1=O)C(N)=O. The Balaban J connectivity index is 1.80. The highest BCUT2D eigenvalue weighted by atomic mass is 32.1. The first-order valence-electron chi connectivity index (χ1n) is 9.94. The molecule has 0 saturated heterocycles. The number of nitrogens with zero attached hydrogens (tertiary/aromatic N) is 2. The van der Waals surface area contributed by atoms with E-state index in [1.807, 2.05) is 50.4 Å². The third-order valence-corrected chi connectivity index (χ3v) is 6.23. The molecule has 30 heavy (non-hydrogen) atoms. The van der Waals surface area contributed by atoms with Crippen molar-refractivity contribution in [3.8, 4) is 11.1 Å². The van der Waals surface area contributed by atoms with E-state index in [9.17, 15) is 14.4 Å². The standard InChI is InChI=1S/C22H26N4O3S/c1-4-14(3)19(20(23)28)25-17(27)9-10-26-12-24-21-18(22(26)29)16(11-30-21)15-7-5-13(2)6-8-15/h5-8,11-12,14,19H,4,9-10H2,1-3H3,(H2,23,28)(H,25,27). The van der Waals surface area contributed by atoms with Crippen molar-refractivity contribution >= 4 is 33.4 Å². The normalized spacial score (nSPS) is 13.2. The second-order valence-corrected chi connectivity index (χ2v) is 8.38. The van der Waals surface area contributed by atoms with Gasteiger partial charge in [-0.2, -0.15) is 0 Å². The first-order valence-corrected chi connectivity index (χ1v) is 10.8. The average Bonchev–Trinajstić information content (AvgIpc) is 3.16. The van der Waals surface area contributed by atoms with E-state index in [0.717, 1.165) is 16.7 Å². The van der Waals surface area contributed by atoms with Crippen LogP contribution < -0.4 is 16.6 Å². The quantitative estimate of drug-likeness (QED) is 0.577. The number of rotatable bonds is 8. The van der Waals surface area contributed by atoms with Crippen LogP contribution in [0.5, 0.6) is 0 Å². The van der Waals surface area contributed by atoms with Crippen LogP contribution in [-0.4, -0.2) is 27.4 Å². The first-order chi connectivity index (χ1) is 14.3. The molecule has 2 atom stereocenters. The van der Waals surface area contributed by atoms with E-state index in [-0.39, 0.29) is 30.3 Å². The number of thiophene rings is 1. The number of aromatic nitrogens is 2. The molecule has 2 unspecified atom stereocenters. The molecule has 0 bridgehead atoms. The van der Waals surface area contributed by atoms with Crippen molar-refractivity contribution in [1.29, 1.82) is 0 Å². The number of primary amides is 1. The fourth-order valence-corrected chi connectivity index (χ4v) is 4.18. The van der Waals surface area contributed by atoms with E-state index in [1.54, 1.807) is 0 Å². The highest BCUT2D eigenvalue weighted by molar-refractivity contribution is 7.17. The van der Waals surface area contributed by atoms with Crippen molar-refractivity contribution < 1.29 is 9.59 Å². The molecule has 158 valence electrons. The molecule has 3 N–H and O–H groups in total. The third-order valence-electron chi connectivity index (χ3n) is 5.34. The van der Waals surface area contributed by atoms with E-state index in [4.69, 9.17) is 5.73 Å². The molecule has 8 heteroatoms. The maximum atomic E-state index is 13.1. The summed E-state index contributed by atoms with van der Waals surface area (Å²) in [4.78, 5) is 42.1. The largest absolute Gasteiger partial charge is 0.368 e. The van der Waals surface area contributed by atoms with Gasteiger partial charge in [0.1, 0.15) is 10.9 Å². The number of fused-ring (bicyclic) bond motifs is 1. The molecule has 1 aromatic carbocycles. The van der Waals surface area contributed by atoms with E-state index < -0.39 is 11.9 Å². The van der Waals surface area contributed by atoms with Crippen molar-refractivity contribution in [3.05, 3.63) is 51.9 Å². The van der Waals surface area contributed by atoms with Crippen molar-refractivity contribution in [2.45, 2.75) is 46.2 Å². The molecule has 0 fully saturated rings. The van der Waals surface area contributed by atoms with Crippen molar-refractivity contribution in [1.82, 2.24) is 14.9 Å². The minimum atomic E-state index is -0.718. The second-order valence-electron chi connectivity index (χ2n) is 7.52. The monoisotopic (exact) mass is 426 g/mol. The molecule has 0 aliphatic heterocycles. The molecule has 3 rings (SSSR count). The zero-order chi connectivity index (χ0) is 21.8. The highest BCUT2D eigenvalue weighted by Crippen LogP contribution is 2.30. The smallest absolute Gasteiger partial charge is 0.262 e. The maximum Gasteiger partial charge on any atom is 0.262 e. The van der Waals surface area contributed by atoms with E-state index >= 15 is 0 Å². The first kappa shape index (κ1) is 21.7. The van der Waals surface area contributed by atoms with Gasteiger partial charge in [-0.1, -0.05) is 50.1 Å². The number of carbonyl (C=O) groups is 2. The zero-order valence-corrected chi connectivity index (χ0v) is 18.2. The number of nitrogens with two attached hydrogens (primary N) is 1. The fraction of sp³-hybridized carbons (Fsp3) is 0.364. The Hall–Kier alpha value is -3.00. The van der Waals surface area contributed by atoms with Crippen LogP contribution in [0.2, 0.25) is 0 Å². The molecule has 7 nitrogen and oxygen atoms in total. The van der Waals surface area contributed by atoms with Crippen LogP contribution in [0.3, 0.4) is 0 Å². The summed E-state index contributed by atoms with van der Waals surface area (Å²) in [6.07, 6.45) is 2.23. The molecular weight excluding hydrogens is 400 g/mol. The lowest BCUT2D eigenvalue weighted by Crippen LogP contribution is -2.48. The number of benzene rings is 1. The minimum Gasteiger partial charge on any atom is -0.368 e. The van der Waals surface area contributed by atoms with Crippen molar-refractivity contribution in [2.24, 2.45) is 11.7 Å². The van der Waals surface area contributed by atoms with E-state index in [0.29, 0.717) is 16.6 Å². The molecule has 2 aromatic heterocycles. The van der Waals surface area contributed by atoms with Crippen molar-refractivity contribution in [3.63, 3.8) is 0 Å². The Morgan fingerprint density at radius 1 is 1.27 bits per heavy atom. The third kappa shape index (κ3) is 4.59. The van der Waals surface area contributed by atoms with Crippen LogP contribution in [0.1, 0.15) is 32.3 Å². The summed E-state index contributed by atoms with van der Waals surface area (Å²) in [5.74, 6) is -0.941. The Kier molecular flexibility index (Phi) is 6.66. The topological polar surface area (TPSA) is 107 Å². The van der Waals surface area contributed by atoms with E-state index in [1.165, 1.54) is 22.2 Å². The fourth-order valence-electron chi connectivity index (χ4n) is 3.27. The predicted molar refractivity (Wildman–Crippen MR) is 119 cm³/mol. The Bertz CT molecular complexity index is 1120. The lowest BCUT2D eigenvalue weighted by Gasteiger charge is -2.21. The van der Waals surface area contributed by atoms with Gasteiger partial charge in [-0.3, -0.25) is 19.0 Å². The molecule has 0 spiro atoms. The van der Waals surface area contributed by atoms with Gasteiger partial charge >= 0.3 is 0 Å². The molecule has 0 radical (unpaired) electrons. The van der Waals surface area contributed by atoms with Gasteiger partial charge in [-0.15, -0.1) is 11.3 Å². The summed E-state index contributed by atoms with van der Waals surface area (Å²) in [6, 6.07) is 7.26. The van der Waals surface area contributed by atoms with Gasteiger partial charge in [0.05, 0.1) is 11.7 Å². The number of nitrogens with one attached hydrogen (secondary N) is 1. The minimum absolute atomic E-state index is 0.0529. The molecule has 2 amide bonds. The molecule has 0 aliphatic carbocycles. The predicted octanol–water partition coefficient (Wildman–Crippen LogP) is 2.84. The number of hydrogen-bond donors (Lipinski definition) is 2. The van der Waals surface area contributed by atoms with Gasteiger partial charge in [-0.05, 0) is 18.4 Å². The van der Waals surface area contributed by atoms with Gasteiger partial charge in [0.2, 0.25) is 11.8 Å². The Labute approximate surface area is 178 Å². The number of aryl methyl sites for hydroxylation is 2. The Morgan fingerprint density at radius 3 is 2.60 bits per heavy atom.